The Morgan fingerprint density at radius 3 is 2.62 bits per heavy atom. The van der Waals surface area contributed by atoms with Crippen LogP contribution in [0.2, 0.25) is 0 Å². The van der Waals surface area contributed by atoms with Crippen LogP contribution in [0.5, 0.6) is 11.5 Å². The lowest BCUT2D eigenvalue weighted by molar-refractivity contribution is -0.134. The van der Waals surface area contributed by atoms with Crippen molar-refractivity contribution in [1.29, 1.82) is 0 Å². The molecule has 0 fully saturated rings. The fourth-order valence-corrected chi connectivity index (χ4v) is 3.40. The molecule has 0 aromatic heterocycles. The summed E-state index contributed by atoms with van der Waals surface area (Å²) in [7, 11) is 0. The van der Waals surface area contributed by atoms with Crippen LogP contribution >= 0.6 is 38.5 Å². The first-order valence-corrected chi connectivity index (χ1v) is 10.7. The average molecular weight is 570 g/mol. The van der Waals surface area contributed by atoms with Gasteiger partial charge >= 0.3 is 11.9 Å². The number of halogens is 2. The standard InChI is InChI=1S/C21H17BrINO5/c1-3-18(25)28-19-15(22)9-12(11-17(19)27-4-2)10-16-21(26)29-20(24-16)13-5-7-14(23)8-6-13/h5-11H,3-4H2,1-2H3/b16-10-. The maximum atomic E-state index is 12.3. The van der Waals surface area contributed by atoms with Gasteiger partial charge in [0.15, 0.2) is 17.2 Å². The Morgan fingerprint density at radius 2 is 1.97 bits per heavy atom. The summed E-state index contributed by atoms with van der Waals surface area (Å²) in [5.74, 6) is 0.0508. The molecule has 29 heavy (non-hydrogen) atoms. The lowest BCUT2D eigenvalue weighted by Gasteiger charge is -2.13. The zero-order valence-corrected chi connectivity index (χ0v) is 19.4. The van der Waals surface area contributed by atoms with Gasteiger partial charge in [0, 0.05) is 15.6 Å². The summed E-state index contributed by atoms with van der Waals surface area (Å²) in [5, 5.41) is 0. The normalized spacial score (nSPS) is 14.6. The van der Waals surface area contributed by atoms with Crippen molar-refractivity contribution in [2.75, 3.05) is 6.61 Å². The minimum atomic E-state index is -0.533. The molecule has 3 rings (SSSR count). The Hall–Kier alpha value is -2.20. The molecule has 0 atom stereocenters. The van der Waals surface area contributed by atoms with Crippen molar-refractivity contribution >= 4 is 62.4 Å². The number of benzene rings is 2. The highest BCUT2D eigenvalue weighted by molar-refractivity contribution is 14.1. The molecule has 0 aliphatic carbocycles. The van der Waals surface area contributed by atoms with Gasteiger partial charge in [-0.3, -0.25) is 4.79 Å². The first-order chi connectivity index (χ1) is 13.9. The molecule has 1 aliphatic rings. The van der Waals surface area contributed by atoms with E-state index in [1.54, 1.807) is 25.1 Å². The van der Waals surface area contributed by atoms with E-state index >= 15 is 0 Å². The van der Waals surface area contributed by atoms with Crippen molar-refractivity contribution in [2.24, 2.45) is 4.99 Å². The molecular formula is C21H17BrINO5. The molecule has 8 heteroatoms. The van der Waals surface area contributed by atoms with Gasteiger partial charge in [-0.15, -0.1) is 0 Å². The van der Waals surface area contributed by atoms with Crippen LogP contribution in [0, 0.1) is 3.57 Å². The Labute approximate surface area is 190 Å². The van der Waals surface area contributed by atoms with Crippen LogP contribution in [0.15, 0.2) is 51.6 Å². The van der Waals surface area contributed by atoms with Crippen LogP contribution in [0.25, 0.3) is 6.08 Å². The van der Waals surface area contributed by atoms with E-state index in [9.17, 15) is 9.59 Å². The summed E-state index contributed by atoms with van der Waals surface area (Å²) in [5.41, 5.74) is 1.54. The van der Waals surface area contributed by atoms with Gasteiger partial charge in [-0.2, -0.15) is 0 Å². The molecule has 150 valence electrons. The summed E-state index contributed by atoms with van der Waals surface area (Å²) in [6.45, 7) is 3.93. The fraction of sp³-hybridized carbons (Fsp3) is 0.190. The topological polar surface area (TPSA) is 74.2 Å². The average Bonchev–Trinajstić information content (AvgIpc) is 3.05. The van der Waals surface area contributed by atoms with Crippen molar-refractivity contribution in [1.82, 2.24) is 0 Å². The first kappa shape index (κ1) is 21.5. The van der Waals surface area contributed by atoms with Crippen molar-refractivity contribution in [3.8, 4) is 11.5 Å². The summed E-state index contributed by atoms with van der Waals surface area (Å²) >= 11 is 5.61. The van der Waals surface area contributed by atoms with Crippen molar-refractivity contribution in [3.63, 3.8) is 0 Å². The third kappa shape index (κ3) is 5.24. The highest BCUT2D eigenvalue weighted by Gasteiger charge is 2.24. The predicted octanol–water partition coefficient (Wildman–Crippen LogP) is 5.11. The molecule has 6 nitrogen and oxygen atoms in total. The number of hydrogen-bond acceptors (Lipinski definition) is 6. The van der Waals surface area contributed by atoms with Crippen molar-refractivity contribution in [2.45, 2.75) is 20.3 Å². The zero-order chi connectivity index (χ0) is 21.0. The Morgan fingerprint density at radius 1 is 1.24 bits per heavy atom. The van der Waals surface area contributed by atoms with Crippen molar-refractivity contribution < 1.29 is 23.8 Å². The van der Waals surface area contributed by atoms with E-state index < -0.39 is 5.97 Å². The number of ether oxygens (including phenoxy) is 3. The van der Waals surface area contributed by atoms with Gasteiger partial charge in [0.25, 0.3) is 0 Å². The van der Waals surface area contributed by atoms with E-state index in [4.69, 9.17) is 14.2 Å². The molecule has 0 unspecified atom stereocenters. The number of esters is 2. The maximum Gasteiger partial charge on any atom is 0.363 e. The Balaban J connectivity index is 1.95. The number of nitrogens with zero attached hydrogens (tertiary/aromatic N) is 1. The van der Waals surface area contributed by atoms with Gasteiger partial charge in [0.2, 0.25) is 5.90 Å². The van der Waals surface area contributed by atoms with Crippen LogP contribution in [0.3, 0.4) is 0 Å². The van der Waals surface area contributed by atoms with Gasteiger partial charge in [0.05, 0.1) is 11.1 Å². The fourth-order valence-electron chi connectivity index (χ4n) is 2.50. The first-order valence-electron chi connectivity index (χ1n) is 8.86. The highest BCUT2D eigenvalue weighted by atomic mass is 127. The van der Waals surface area contributed by atoms with Gasteiger partial charge in [-0.05, 0) is 93.5 Å². The van der Waals surface area contributed by atoms with Gasteiger partial charge in [-0.1, -0.05) is 6.92 Å². The molecule has 0 saturated heterocycles. The molecule has 2 aromatic rings. The van der Waals surface area contributed by atoms with E-state index in [1.807, 2.05) is 31.2 Å². The zero-order valence-electron chi connectivity index (χ0n) is 15.7. The van der Waals surface area contributed by atoms with E-state index in [1.165, 1.54) is 0 Å². The second-order valence-corrected chi connectivity index (χ2v) is 8.03. The molecule has 1 heterocycles. The minimum Gasteiger partial charge on any atom is -0.490 e. The number of hydrogen-bond donors (Lipinski definition) is 0. The molecule has 0 saturated carbocycles. The molecule has 0 bridgehead atoms. The van der Waals surface area contributed by atoms with Crippen LogP contribution in [-0.2, 0) is 14.3 Å². The molecule has 0 amide bonds. The molecule has 0 N–H and O–H groups in total. The molecular weight excluding hydrogens is 553 g/mol. The van der Waals surface area contributed by atoms with Crippen molar-refractivity contribution in [3.05, 3.63) is 61.3 Å². The summed E-state index contributed by atoms with van der Waals surface area (Å²) < 4.78 is 17.9. The third-order valence-electron chi connectivity index (χ3n) is 3.85. The lowest BCUT2D eigenvalue weighted by atomic mass is 10.1. The molecule has 0 spiro atoms. The second kappa shape index (κ2) is 9.53. The lowest BCUT2D eigenvalue weighted by Crippen LogP contribution is -2.08. The summed E-state index contributed by atoms with van der Waals surface area (Å²) in [4.78, 5) is 28.3. The summed E-state index contributed by atoms with van der Waals surface area (Å²) in [6.07, 6.45) is 1.84. The second-order valence-electron chi connectivity index (χ2n) is 5.93. The van der Waals surface area contributed by atoms with E-state index in [0.717, 1.165) is 9.13 Å². The molecule has 2 aromatic carbocycles. The SMILES string of the molecule is CCOc1cc(/C=C2\N=C(c3ccc(I)cc3)OC2=O)cc(Br)c1OC(=O)CC. The Kier molecular flexibility index (Phi) is 7.07. The smallest absolute Gasteiger partial charge is 0.363 e. The van der Waals surface area contributed by atoms with E-state index in [2.05, 4.69) is 43.5 Å². The maximum absolute atomic E-state index is 12.3. The van der Waals surface area contributed by atoms with Crippen LogP contribution < -0.4 is 9.47 Å². The van der Waals surface area contributed by atoms with Gasteiger partial charge in [-0.25, -0.2) is 9.79 Å². The molecule has 0 radical (unpaired) electrons. The number of carbonyl (C=O) groups is 2. The van der Waals surface area contributed by atoms with Gasteiger partial charge in [0.1, 0.15) is 0 Å². The number of rotatable bonds is 6. The number of aliphatic imine (C=N–C) groups is 1. The van der Waals surface area contributed by atoms with Crippen LogP contribution in [-0.4, -0.2) is 24.4 Å². The quantitative estimate of drug-likeness (QED) is 0.209. The minimum absolute atomic E-state index is 0.172. The van der Waals surface area contributed by atoms with Crippen LogP contribution in [0.4, 0.5) is 0 Å². The third-order valence-corrected chi connectivity index (χ3v) is 5.16. The summed E-state index contributed by atoms with van der Waals surface area (Å²) in [6, 6.07) is 10.9. The predicted molar refractivity (Wildman–Crippen MR) is 121 cm³/mol. The number of cyclic esters (lactones) is 1. The Bertz CT molecular complexity index is 1010. The highest BCUT2D eigenvalue weighted by Crippen LogP contribution is 2.38. The van der Waals surface area contributed by atoms with Gasteiger partial charge < -0.3 is 14.2 Å². The van der Waals surface area contributed by atoms with Crippen LogP contribution in [0.1, 0.15) is 31.4 Å². The molecule has 1 aliphatic heterocycles. The van der Waals surface area contributed by atoms with E-state index in [0.29, 0.717) is 28.1 Å². The van der Waals surface area contributed by atoms with E-state index in [-0.39, 0.29) is 24.0 Å². The monoisotopic (exact) mass is 569 g/mol. The largest absolute Gasteiger partial charge is 0.490 e. The number of carbonyl (C=O) groups excluding carboxylic acids is 2.